The van der Waals surface area contributed by atoms with Gasteiger partial charge in [-0.05, 0) is 13.0 Å². The first-order chi connectivity index (χ1) is 8.29. The Kier molecular flexibility index (Phi) is 3.55. The van der Waals surface area contributed by atoms with Crippen molar-refractivity contribution in [2.45, 2.75) is 6.92 Å². The summed E-state index contributed by atoms with van der Waals surface area (Å²) in [5, 5.41) is 14.0. The first-order valence-corrected chi connectivity index (χ1v) is 5.77. The summed E-state index contributed by atoms with van der Waals surface area (Å²) in [5.74, 6) is -0.115. The number of rotatable bonds is 4. The Bertz CT molecular complexity index is 499. The quantitative estimate of drug-likeness (QED) is 0.841. The van der Waals surface area contributed by atoms with Crippen LogP contribution < -0.4 is 10.6 Å². The van der Waals surface area contributed by atoms with Crippen LogP contribution >= 0.6 is 11.3 Å². The largest absolute Gasteiger partial charge is 0.360 e. The van der Waals surface area contributed by atoms with Crippen LogP contribution in [0.4, 0.5) is 11.1 Å². The van der Waals surface area contributed by atoms with Gasteiger partial charge in [0, 0.05) is 18.9 Å². The average molecular weight is 250 g/mol. The summed E-state index contributed by atoms with van der Waals surface area (Å²) in [6, 6.07) is 1.67. The van der Waals surface area contributed by atoms with E-state index in [9.17, 15) is 4.79 Å². The molecule has 88 valence electrons. The van der Waals surface area contributed by atoms with Gasteiger partial charge in [-0.2, -0.15) is 0 Å². The van der Waals surface area contributed by atoms with Crippen LogP contribution in [0.2, 0.25) is 0 Å². The molecule has 7 nitrogen and oxygen atoms in total. The van der Waals surface area contributed by atoms with E-state index in [1.165, 1.54) is 11.3 Å². The number of nitrogens with zero attached hydrogens (tertiary/aromatic N) is 4. The van der Waals surface area contributed by atoms with E-state index >= 15 is 0 Å². The van der Waals surface area contributed by atoms with Crippen LogP contribution in [-0.2, 0) is 0 Å². The summed E-state index contributed by atoms with van der Waals surface area (Å²) < 4.78 is 0. The molecule has 17 heavy (non-hydrogen) atoms. The Hall–Kier alpha value is -2.09. The van der Waals surface area contributed by atoms with Gasteiger partial charge in [0.15, 0.2) is 0 Å². The zero-order valence-electron chi connectivity index (χ0n) is 9.04. The van der Waals surface area contributed by atoms with Crippen molar-refractivity contribution < 1.29 is 4.79 Å². The second-order valence-electron chi connectivity index (χ2n) is 2.97. The molecule has 2 rings (SSSR count). The summed E-state index contributed by atoms with van der Waals surface area (Å²) >= 11 is 1.18. The maximum atomic E-state index is 11.7. The average Bonchev–Trinajstić information content (AvgIpc) is 2.79. The van der Waals surface area contributed by atoms with E-state index in [0.717, 1.165) is 6.54 Å². The molecule has 8 heteroatoms. The molecular weight excluding hydrogens is 240 g/mol. The molecule has 0 aliphatic heterocycles. The molecule has 0 saturated heterocycles. The van der Waals surface area contributed by atoms with Crippen LogP contribution in [0.1, 0.15) is 16.7 Å². The third kappa shape index (κ3) is 2.94. The van der Waals surface area contributed by atoms with Crippen molar-refractivity contribution >= 4 is 28.3 Å². The number of aromatic nitrogens is 4. The zero-order valence-corrected chi connectivity index (χ0v) is 9.86. The van der Waals surface area contributed by atoms with Crippen molar-refractivity contribution in [3.63, 3.8) is 0 Å². The number of amides is 1. The number of carbonyl (C=O) groups excluding carboxylic acids is 1. The maximum Gasteiger partial charge on any atom is 0.289 e. The van der Waals surface area contributed by atoms with Crippen molar-refractivity contribution in [3.8, 4) is 0 Å². The lowest BCUT2D eigenvalue weighted by Crippen LogP contribution is -2.13. The Labute approximate surface area is 101 Å². The monoisotopic (exact) mass is 250 g/mol. The lowest BCUT2D eigenvalue weighted by molar-refractivity contribution is 0.102. The number of carbonyl (C=O) groups is 1. The van der Waals surface area contributed by atoms with Gasteiger partial charge in [-0.15, -0.1) is 10.2 Å². The molecule has 0 fully saturated rings. The van der Waals surface area contributed by atoms with Crippen LogP contribution in [0.3, 0.4) is 0 Å². The summed E-state index contributed by atoms with van der Waals surface area (Å²) in [6.45, 7) is 2.68. The van der Waals surface area contributed by atoms with Gasteiger partial charge in [0.05, 0.1) is 0 Å². The molecule has 0 aliphatic rings. The minimum atomic E-state index is -0.363. The molecule has 0 aromatic carbocycles. The van der Waals surface area contributed by atoms with Gasteiger partial charge in [0.25, 0.3) is 5.91 Å². The first-order valence-electron chi connectivity index (χ1n) is 4.95. The van der Waals surface area contributed by atoms with Crippen molar-refractivity contribution in [3.05, 3.63) is 23.5 Å². The highest BCUT2D eigenvalue weighted by Crippen LogP contribution is 2.15. The van der Waals surface area contributed by atoms with E-state index in [2.05, 4.69) is 30.8 Å². The van der Waals surface area contributed by atoms with E-state index < -0.39 is 0 Å². The smallest absolute Gasteiger partial charge is 0.289 e. The highest BCUT2D eigenvalue weighted by atomic mass is 32.1. The van der Waals surface area contributed by atoms with Crippen LogP contribution in [0.15, 0.2) is 18.5 Å². The van der Waals surface area contributed by atoms with Gasteiger partial charge >= 0.3 is 0 Å². The zero-order chi connectivity index (χ0) is 12.1. The van der Waals surface area contributed by atoms with Gasteiger partial charge in [-0.3, -0.25) is 10.1 Å². The molecule has 0 saturated carbocycles. The molecular formula is C9H10N6OS. The Morgan fingerprint density at radius 1 is 1.35 bits per heavy atom. The fourth-order valence-electron chi connectivity index (χ4n) is 1.06. The predicted octanol–water partition coefficient (Wildman–Crippen LogP) is 1.01. The third-order valence-corrected chi connectivity index (χ3v) is 2.62. The summed E-state index contributed by atoms with van der Waals surface area (Å²) in [4.78, 5) is 19.5. The van der Waals surface area contributed by atoms with E-state index in [1.807, 2.05) is 6.92 Å². The van der Waals surface area contributed by atoms with Gasteiger partial charge < -0.3 is 5.32 Å². The molecule has 2 aromatic rings. The predicted molar refractivity (Wildman–Crippen MR) is 64.1 cm³/mol. The van der Waals surface area contributed by atoms with Gasteiger partial charge in [0.1, 0.15) is 0 Å². The number of nitrogens with one attached hydrogen (secondary N) is 2. The summed E-state index contributed by atoms with van der Waals surface area (Å²) in [6.07, 6.45) is 3.10. The Morgan fingerprint density at radius 2 is 2.12 bits per heavy atom. The molecule has 0 atom stereocenters. The molecule has 0 radical (unpaired) electrons. The van der Waals surface area contributed by atoms with Crippen LogP contribution in [0, 0.1) is 0 Å². The SMILES string of the molecule is CCNc1nnc(C(=O)Nc2ncccn2)s1. The van der Waals surface area contributed by atoms with Gasteiger partial charge in [0.2, 0.25) is 16.1 Å². The summed E-state index contributed by atoms with van der Waals surface area (Å²) in [7, 11) is 0. The number of hydrogen-bond donors (Lipinski definition) is 2. The fourth-order valence-corrected chi connectivity index (χ4v) is 1.76. The molecule has 1 amide bonds. The second-order valence-corrected chi connectivity index (χ2v) is 3.95. The number of hydrogen-bond acceptors (Lipinski definition) is 7. The lowest BCUT2D eigenvalue weighted by Gasteiger charge is -1.98. The summed E-state index contributed by atoms with van der Waals surface area (Å²) in [5.41, 5.74) is 0. The van der Waals surface area contributed by atoms with Crippen molar-refractivity contribution in [1.82, 2.24) is 20.2 Å². The number of anilines is 2. The Morgan fingerprint density at radius 3 is 2.82 bits per heavy atom. The highest BCUT2D eigenvalue weighted by molar-refractivity contribution is 7.17. The molecule has 2 N–H and O–H groups in total. The van der Waals surface area contributed by atoms with E-state index in [0.29, 0.717) is 5.13 Å². The maximum absolute atomic E-state index is 11.7. The van der Waals surface area contributed by atoms with Gasteiger partial charge in [-0.1, -0.05) is 11.3 Å². The van der Waals surface area contributed by atoms with Crippen molar-refractivity contribution in [1.29, 1.82) is 0 Å². The van der Waals surface area contributed by atoms with Crippen LogP contribution in [0.25, 0.3) is 0 Å². The fraction of sp³-hybridized carbons (Fsp3) is 0.222. The topological polar surface area (TPSA) is 92.7 Å². The van der Waals surface area contributed by atoms with Gasteiger partial charge in [-0.25, -0.2) is 9.97 Å². The molecule has 0 bridgehead atoms. The molecule has 0 aliphatic carbocycles. The second kappa shape index (κ2) is 5.30. The van der Waals surface area contributed by atoms with Crippen molar-refractivity contribution in [2.75, 3.05) is 17.2 Å². The van der Waals surface area contributed by atoms with Crippen LogP contribution in [-0.4, -0.2) is 32.6 Å². The molecule has 2 heterocycles. The third-order valence-electron chi connectivity index (χ3n) is 1.74. The van der Waals surface area contributed by atoms with E-state index in [1.54, 1.807) is 18.5 Å². The Balaban J connectivity index is 2.04. The van der Waals surface area contributed by atoms with Crippen LogP contribution in [0.5, 0.6) is 0 Å². The minimum Gasteiger partial charge on any atom is -0.360 e. The van der Waals surface area contributed by atoms with Crippen molar-refractivity contribution in [2.24, 2.45) is 0 Å². The molecule has 0 unspecified atom stereocenters. The van der Waals surface area contributed by atoms with E-state index in [4.69, 9.17) is 0 Å². The molecule has 2 aromatic heterocycles. The molecule has 0 spiro atoms. The first kappa shape index (κ1) is 11.4. The highest BCUT2D eigenvalue weighted by Gasteiger charge is 2.13. The van der Waals surface area contributed by atoms with E-state index in [-0.39, 0.29) is 16.9 Å². The lowest BCUT2D eigenvalue weighted by atomic mass is 10.6. The standard InChI is InChI=1S/C9H10N6OS/c1-2-10-9-15-14-7(17-9)6(16)13-8-11-4-3-5-12-8/h3-5H,2H2,1H3,(H,10,15)(H,11,12,13,16). The minimum absolute atomic E-state index is 0.248. The normalized spacial score (nSPS) is 9.94.